The van der Waals surface area contributed by atoms with Crippen molar-refractivity contribution in [3.8, 4) is 0 Å². The number of carbonyl (C=O) groups is 1. The van der Waals surface area contributed by atoms with E-state index in [1.165, 1.54) is 5.56 Å². The van der Waals surface area contributed by atoms with Crippen LogP contribution >= 0.6 is 23.7 Å². The molecule has 1 amide bonds. The normalized spacial score (nSPS) is 11.1. The Bertz CT molecular complexity index is 963. The van der Waals surface area contributed by atoms with Crippen molar-refractivity contribution in [3.63, 3.8) is 0 Å². The van der Waals surface area contributed by atoms with Gasteiger partial charge in [-0.15, -0.1) is 12.4 Å². The summed E-state index contributed by atoms with van der Waals surface area (Å²) >= 11 is 1.56. The zero-order valence-electron chi connectivity index (χ0n) is 16.6. The van der Waals surface area contributed by atoms with Crippen LogP contribution in [0.15, 0.2) is 18.3 Å². The molecule has 8 heteroatoms. The number of thiazole rings is 1. The molecular formula is C19H26ClN5OS. The molecule has 0 N–H and O–H groups in total. The minimum Gasteiger partial charge on any atom is -0.308 e. The van der Waals surface area contributed by atoms with Crippen LogP contribution in [0.4, 0.5) is 5.13 Å². The Balaban J connectivity index is 0.00000261. The second-order valence-electron chi connectivity index (χ2n) is 7.02. The first kappa shape index (κ1) is 21.3. The molecule has 0 saturated heterocycles. The first-order valence-corrected chi connectivity index (χ1v) is 9.42. The number of amides is 1. The minimum atomic E-state index is -0.0987. The molecule has 3 rings (SSSR count). The van der Waals surface area contributed by atoms with Crippen molar-refractivity contribution >= 4 is 45.0 Å². The number of nitrogens with zero attached hydrogens (tertiary/aromatic N) is 5. The molecule has 146 valence electrons. The highest BCUT2D eigenvalue weighted by molar-refractivity contribution is 7.22. The monoisotopic (exact) mass is 407 g/mol. The Morgan fingerprint density at radius 2 is 1.85 bits per heavy atom. The van der Waals surface area contributed by atoms with Crippen LogP contribution < -0.4 is 4.90 Å². The lowest BCUT2D eigenvalue weighted by molar-refractivity contribution is 0.0979. The molecule has 27 heavy (non-hydrogen) atoms. The summed E-state index contributed by atoms with van der Waals surface area (Å²) in [6, 6.07) is 4.25. The molecule has 0 atom stereocenters. The van der Waals surface area contributed by atoms with E-state index in [9.17, 15) is 4.79 Å². The molecule has 0 aliphatic rings. The van der Waals surface area contributed by atoms with Gasteiger partial charge in [-0.3, -0.25) is 14.4 Å². The molecule has 0 aliphatic heterocycles. The van der Waals surface area contributed by atoms with Gasteiger partial charge in [0.1, 0.15) is 0 Å². The van der Waals surface area contributed by atoms with Gasteiger partial charge in [-0.2, -0.15) is 5.10 Å². The highest BCUT2D eigenvalue weighted by Gasteiger charge is 2.25. The molecule has 3 aromatic rings. The van der Waals surface area contributed by atoms with Crippen molar-refractivity contribution in [1.82, 2.24) is 19.7 Å². The number of carbonyl (C=O) groups excluding carboxylic acids is 1. The number of fused-ring (bicyclic) bond motifs is 1. The van der Waals surface area contributed by atoms with Crippen molar-refractivity contribution in [2.75, 3.05) is 32.1 Å². The number of halogens is 1. The van der Waals surface area contributed by atoms with Crippen molar-refractivity contribution in [1.29, 1.82) is 0 Å². The molecule has 6 nitrogen and oxygen atoms in total. The van der Waals surface area contributed by atoms with Crippen LogP contribution in [0.5, 0.6) is 0 Å². The van der Waals surface area contributed by atoms with Gasteiger partial charge in [-0.05, 0) is 52.1 Å². The van der Waals surface area contributed by atoms with Gasteiger partial charge in [0.25, 0.3) is 5.91 Å². The quantitative estimate of drug-likeness (QED) is 0.648. The maximum atomic E-state index is 13.2. The van der Waals surface area contributed by atoms with E-state index in [0.29, 0.717) is 12.2 Å². The molecule has 0 unspecified atom stereocenters. The molecule has 0 spiro atoms. The third-order valence-electron chi connectivity index (χ3n) is 4.28. The van der Waals surface area contributed by atoms with E-state index >= 15 is 0 Å². The Morgan fingerprint density at radius 1 is 1.15 bits per heavy atom. The fourth-order valence-corrected chi connectivity index (χ4v) is 4.17. The van der Waals surface area contributed by atoms with Crippen LogP contribution in [0.2, 0.25) is 0 Å². The van der Waals surface area contributed by atoms with Crippen molar-refractivity contribution < 1.29 is 4.79 Å². The summed E-state index contributed by atoms with van der Waals surface area (Å²) in [7, 11) is 5.83. The largest absolute Gasteiger partial charge is 0.308 e. The summed E-state index contributed by atoms with van der Waals surface area (Å²) in [5.74, 6) is -0.0987. The van der Waals surface area contributed by atoms with Gasteiger partial charge in [0.2, 0.25) is 0 Å². The molecule has 0 saturated carbocycles. The van der Waals surface area contributed by atoms with Gasteiger partial charge in [0.05, 0.1) is 10.2 Å². The van der Waals surface area contributed by atoms with Gasteiger partial charge in [0.15, 0.2) is 10.8 Å². The Morgan fingerprint density at radius 3 is 2.44 bits per heavy atom. The molecular weight excluding hydrogens is 382 g/mol. The van der Waals surface area contributed by atoms with E-state index < -0.39 is 0 Å². The van der Waals surface area contributed by atoms with Crippen molar-refractivity contribution in [2.45, 2.75) is 20.8 Å². The lowest BCUT2D eigenvalue weighted by Gasteiger charge is -2.21. The number of hydrogen-bond donors (Lipinski definition) is 0. The standard InChI is InChI=1S/C19H25N5OS.ClH/c1-12-9-13(2)16-15(10-12)26-19(20-16)24(8-7-22(4)5)18(25)17-14(3)11-23(6)21-17;/h9-11H,7-8H2,1-6H3;1H. The average Bonchev–Trinajstić information content (AvgIpc) is 3.10. The van der Waals surface area contributed by atoms with E-state index in [-0.39, 0.29) is 18.3 Å². The topological polar surface area (TPSA) is 54.3 Å². The van der Waals surface area contributed by atoms with Gasteiger partial charge >= 0.3 is 0 Å². The van der Waals surface area contributed by atoms with Crippen molar-refractivity contribution in [2.24, 2.45) is 7.05 Å². The third-order valence-corrected chi connectivity index (χ3v) is 5.31. The van der Waals surface area contributed by atoms with Crippen LogP contribution in [0.25, 0.3) is 10.2 Å². The smallest absolute Gasteiger partial charge is 0.280 e. The number of rotatable bonds is 5. The van der Waals surface area contributed by atoms with Gasteiger partial charge in [0, 0.05) is 31.9 Å². The number of likely N-dealkylation sites (N-methyl/N-ethyl adjacent to an activating group) is 1. The first-order chi connectivity index (χ1) is 12.3. The number of hydrogen-bond acceptors (Lipinski definition) is 5. The summed E-state index contributed by atoms with van der Waals surface area (Å²) in [4.78, 5) is 21.8. The molecule has 0 fully saturated rings. The number of anilines is 1. The molecule has 1 aromatic carbocycles. The zero-order valence-corrected chi connectivity index (χ0v) is 18.2. The molecule has 2 heterocycles. The molecule has 0 radical (unpaired) electrons. The number of benzene rings is 1. The predicted octanol–water partition coefficient (Wildman–Crippen LogP) is 3.59. The predicted molar refractivity (Wildman–Crippen MR) is 115 cm³/mol. The third kappa shape index (κ3) is 4.48. The Kier molecular flexibility index (Phi) is 6.62. The van der Waals surface area contributed by atoms with E-state index in [4.69, 9.17) is 4.98 Å². The van der Waals surface area contributed by atoms with Gasteiger partial charge < -0.3 is 4.90 Å². The van der Waals surface area contributed by atoms with Crippen LogP contribution in [0, 0.1) is 20.8 Å². The van der Waals surface area contributed by atoms with Gasteiger partial charge in [-0.25, -0.2) is 4.98 Å². The van der Waals surface area contributed by atoms with Crippen molar-refractivity contribution in [3.05, 3.63) is 40.7 Å². The maximum Gasteiger partial charge on any atom is 0.280 e. The molecule has 0 bridgehead atoms. The van der Waals surface area contributed by atoms with Crippen LogP contribution in [0.1, 0.15) is 27.2 Å². The van der Waals surface area contributed by atoms with Gasteiger partial charge in [-0.1, -0.05) is 17.4 Å². The summed E-state index contributed by atoms with van der Waals surface area (Å²) < 4.78 is 2.79. The fourth-order valence-electron chi connectivity index (χ4n) is 3.00. The second kappa shape index (κ2) is 8.37. The highest BCUT2D eigenvalue weighted by Crippen LogP contribution is 2.32. The Hall–Kier alpha value is -1.96. The fraction of sp³-hybridized carbons (Fsp3) is 0.421. The molecule has 2 aromatic heterocycles. The summed E-state index contributed by atoms with van der Waals surface area (Å²) in [6.07, 6.45) is 1.86. The van der Waals surface area contributed by atoms with Crippen LogP contribution in [-0.2, 0) is 7.05 Å². The maximum absolute atomic E-state index is 13.2. The SMILES string of the molecule is Cc1cc(C)c2nc(N(CCN(C)C)C(=O)c3nn(C)cc3C)sc2c1.Cl. The van der Waals surface area contributed by atoms with Crippen LogP contribution in [-0.4, -0.2) is 52.8 Å². The lowest BCUT2D eigenvalue weighted by atomic mass is 10.1. The number of aryl methyl sites for hydroxylation is 4. The second-order valence-corrected chi connectivity index (χ2v) is 8.03. The Labute approximate surface area is 170 Å². The lowest BCUT2D eigenvalue weighted by Crippen LogP contribution is -2.37. The average molecular weight is 408 g/mol. The summed E-state index contributed by atoms with van der Waals surface area (Å²) in [6.45, 7) is 7.38. The highest BCUT2D eigenvalue weighted by atomic mass is 35.5. The minimum absolute atomic E-state index is 0. The van der Waals surface area contributed by atoms with E-state index in [0.717, 1.165) is 33.0 Å². The summed E-state index contributed by atoms with van der Waals surface area (Å²) in [5.41, 5.74) is 4.67. The van der Waals surface area contributed by atoms with E-state index in [2.05, 4.69) is 36.0 Å². The summed E-state index contributed by atoms with van der Waals surface area (Å²) in [5, 5.41) is 5.09. The number of aromatic nitrogens is 3. The first-order valence-electron chi connectivity index (χ1n) is 8.61. The molecule has 0 aliphatic carbocycles. The van der Waals surface area contributed by atoms with E-state index in [1.54, 1.807) is 20.9 Å². The van der Waals surface area contributed by atoms with Crippen LogP contribution in [0.3, 0.4) is 0 Å². The van der Waals surface area contributed by atoms with E-state index in [1.807, 2.05) is 34.3 Å². The zero-order chi connectivity index (χ0) is 19.0.